The molecular formula is C22H30ClNO4. The molecule has 1 heterocycles. The first-order chi connectivity index (χ1) is 13.5. The zero-order chi connectivity index (χ0) is 20.0. The molecule has 5 nitrogen and oxygen atoms in total. The van der Waals surface area contributed by atoms with E-state index in [2.05, 4.69) is 17.9 Å². The zero-order valence-electron chi connectivity index (χ0n) is 16.6. The van der Waals surface area contributed by atoms with Gasteiger partial charge in [0.05, 0.1) is 31.3 Å². The van der Waals surface area contributed by atoms with Crippen molar-refractivity contribution in [2.24, 2.45) is 0 Å². The number of aliphatic carboxylic acids is 1. The van der Waals surface area contributed by atoms with Gasteiger partial charge in [-0.1, -0.05) is 29.3 Å². The topological polar surface area (TPSA) is 59.0 Å². The summed E-state index contributed by atoms with van der Waals surface area (Å²) >= 11 is 6.28. The summed E-state index contributed by atoms with van der Waals surface area (Å²) in [6.45, 7) is 6.30. The number of rotatable bonds is 7. The van der Waals surface area contributed by atoms with Crippen LogP contribution < -0.4 is 4.74 Å². The third-order valence-electron chi connectivity index (χ3n) is 5.95. The molecule has 0 saturated carbocycles. The minimum atomic E-state index is -0.860. The van der Waals surface area contributed by atoms with Gasteiger partial charge in [0, 0.05) is 18.6 Å². The molecule has 1 aromatic carbocycles. The SMILES string of the molecule is CC1=CCCC(CCOc2cc(CC(=O)O)ccc2Cl)(N2CCOCC2)CC1. The summed E-state index contributed by atoms with van der Waals surface area (Å²) in [5, 5.41) is 9.53. The van der Waals surface area contributed by atoms with Crippen molar-refractivity contribution >= 4 is 17.6 Å². The second-order valence-corrected chi connectivity index (χ2v) is 8.25. The van der Waals surface area contributed by atoms with Crippen molar-refractivity contribution in [3.63, 3.8) is 0 Å². The zero-order valence-corrected chi connectivity index (χ0v) is 17.3. The van der Waals surface area contributed by atoms with Gasteiger partial charge in [-0.25, -0.2) is 0 Å². The number of carbonyl (C=O) groups is 1. The minimum Gasteiger partial charge on any atom is -0.492 e. The molecule has 1 aromatic rings. The standard InChI is InChI=1S/C22H30ClNO4/c1-17-3-2-7-22(8-6-17,24-10-13-27-14-11-24)9-12-28-20-15-18(16-21(25)26)4-5-19(20)23/h3-5,15H,2,6-14,16H2,1H3,(H,25,26). The van der Waals surface area contributed by atoms with Crippen LogP contribution in [0.3, 0.4) is 0 Å². The quantitative estimate of drug-likeness (QED) is 0.682. The molecule has 1 atom stereocenters. The first-order valence-corrected chi connectivity index (χ1v) is 10.5. The maximum atomic E-state index is 11.0. The Hall–Kier alpha value is -1.56. The number of benzene rings is 1. The molecule has 0 aromatic heterocycles. The van der Waals surface area contributed by atoms with Crippen molar-refractivity contribution in [3.05, 3.63) is 40.4 Å². The fourth-order valence-electron chi connectivity index (χ4n) is 4.30. The summed E-state index contributed by atoms with van der Waals surface area (Å²) in [6, 6.07) is 5.20. The van der Waals surface area contributed by atoms with Crippen molar-refractivity contribution in [1.82, 2.24) is 4.90 Å². The lowest BCUT2D eigenvalue weighted by molar-refractivity contribution is -0.136. The van der Waals surface area contributed by atoms with Crippen molar-refractivity contribution in [2.45, 2.75) is 51.0 Å². The highest BCUT2D eigenvalue weighted by atomic mass is 35.5. The average Bonchev–Trinajstić information content (AvgIpc) is 2.87. The molecule has 6 heteroatoms. The highest BCUT2D eigenvalue weighted by molar-refractivity contribution is 6.32. The molecule has 0 spiro atoms. The predicted molar refractivity (Wildman–Crippen MR) is 110 cm³/mol. The molecule has 0 bridgehead atoms. The van der Waals surface area contributed by atoms with E-state index in [0.29, 0.717) is 22.9 Å². The van der Waals surface area contributed by atoms with E-state index >= 15 is 0 Å². The molecule has 28 heavy (non-hydrogen) atoms. The first-order valence-electron chi connectivity index (χ1n) is 10.1. The Morgan fingerprint density at radius 1 is 1.32 bits per heavy atom. The summed E-state index contributed by atoms with van der Waals surface area (Å²) in [5.41, 5.74) is 2.29. The number of nitrogens with zero attached hydrogens (tertiary/aromatic N) is 1. The molecule has 2 aliphatic rings. The van der Waals surface area contributed by atoms with E-state index in [1.54, 1.807) is 18.2 Å². The molecule has 0 amide bonds. The molecule has 1 saturated heterocycles. The van der Waals surface area contributed by atoms with Crippen molar-refractivity contribution in [2.75, 3.05) is 32.9 Å². The maximum absolute atomic E-state index is 11.0. The van der Waals surface area contributed by atoms with E-state index in [9.17, 15) is 4.79 Å². The van der Waals surface area contributed by atoms with Crippen LogP contribution in [-0.2, 0) is 16.0 Å². The second-order valence-electron chi connectivity index (χ2n) is 7.85. The number of ether oxygens (including phenoxy) is 2. The summed E-state index contributed by atoms with van der Waals surface area (Å²) in [4.78, 5) is 13.6. The molecule has 154 valence electrons. The number of morpholine rings is 1. The average molecular weight is 408 g/mol. The number of halogens is 1. The molecule has 1 aliphatic heterocycles. The van der Waals surface area contributed by atoms with Crippen molar-refractivity contribution in [3.8, 4) is 5.75 Å². The number of hydrogen-bond donors (Lipinski definition) is 1. The van der Waals surface area contributed by atoms with Gasteiger partial charge in [0.1, 0.15) is 5.75 Å². The van der Waals surface area contributed by atoms with Gasteiger partial charge < -0.3 is 14.6 Å². The summed E-state index contributed by atoms with van der Waals surface area (Å²) in [6.07, 6.45) is 7.73. The van der Waals surface area contributed by atoms with Crippen molar-refractivity contribution < 1.29 is 19.4 Å². The minimum absolute atomic E-state index is 0.0316. The van der Waals surface area contributed by atoms with Crippen LogP contribution in [0.25, 0.3) is 0 Å². The van der Waals surface area contributed by atoms with E-state index in [0.717, 1.165) is 58.4 Å². The first kappa shape index (κ1) is 21.2. The Morgan fingerprint density at radius 3 is 2.86 bits per heavy atom. The van der Waals surface area contributed by atoms with Crippen LogP contribution in [0.1, 0.15) is 44.6 Å². The van der Waals surface area contributed by atoms with Gasteiger partial charge in [0.2, 0.25) is 0 Å². The number of carboxylic acids is 1. The summed E-state index contributed by atoms with van der Waals surface area (Å²) in [7, 11) is 0. The lowest BCUT2D eigenvalue weighted by Crippen LogP contribution is -2.54. The van der Waals surface area contributed by atoms with E-state index in [4.69, 9.17) is 26.2 Å². The van der Waals surface area contributed by atoms with Crippen LogP contribution in [0.2, 0.25) is 5.02 Å². The predicted octanol–water partition coefficient (Wildman–Crippen LogP) is 4.33. The highest BCUT2D eigenvalue weighted by Gasteiger charge is 2.37. The summed E-state index contributed by atoms with van der Waals surface area (Å²) < 4.78 is 11.6. The fourth-order valence-corrected chi connectivity index (χ4v) is 4.47. The number of carboxylic acid groups (broad SMARTS) is 1. The van der Waals surface area contributed by atoms with Gasteiger partial charge in [-0.2, -0.15) is 0 Å². The van der Waals surface area contributed by atoms with Crippen LogP contribution in [-0.4, -0.2) is 54.4 Å². The van der Waals surface area contributed by atoms with Gasteiger partial charge >= 0.3 is 5.97 Å². The molecule has 1 unspecified atom stereocenters. The summed E-state index contributed by atoms with van der Waals surface area (Å²) in [5.74, 6) is -0.290. The Bertz CT molecular complexity index is 714. The van der Waals surface area contributed by atoms with Crippen LogP contribution in [0.15, 0.2) is 29.8 Å². The van der Waals surface area contributed by atoms with Crippen LogP contribution in [0.5, 0.6) is 5.75 Å². The van der Waals surface area contributed by atoms with Gasteiger partial charge in [-0.15, -0.1) is 0 Å². The number of allylic oxidation sites excluding steroid dienone is 2. The van der Waals surface area contributed by atoms with Gasteiger partial charge in [-0.3, -0.25) is 9.69 Å². The van der Waals surface area contributed by atoms with E-state index in [1.807, 2.05) is 0 Å². The fraction of sp³-hybridized carbons (Fsp3) is 0.591. The smallest absolute Gasteiger partial charge is 0.307 e. The molecule has 3 rings (SSSR count). The molecule has 1 N–H and O–H groups in total. The van der Waals surface area contributed by atoms with E-state index in [1.165, 1.54) is 5.57 Å². The Morgan fingerprint density at radius 2 is 2.11 bits per heavy atom. The molecular weight excluding hydrogens is 378 g/mol. The normalized spacial score (nSPS) is 23.7. The Labute approximate surface area is 172 Å². The van der Waals surface area contributed by atoms with Gasteiger partial charge in [-0.05, 0) is 56.7 Å². The largest absolute Gasteiger partial charge is 0.492 e. The third-order valence-corrected chi connectivity index (χ3v) is 6.26. The lowest BCUT2D eigenvalue weighted by atomic mass is 9.84. The monoisotopic (exact) mass is 407 g/mol. The van der Waals surface area contributed by atoms with Crippen LogP contribution >= 0.6 is 11.6 Å². The van der Waals surface area contributed by atoms with Crippen LogP contribution in [0.4, 0.5) is 0 Å². The molecule has 1 aliphatic carbocycles. The van der Waals surface area contributed by atoms with Crippen molar-refractivity contribution in [1.29, 1.82) is 0 Å². The molecule has 0 radical (unpaired) electrons. The Balaban J connectivity index is 1.68. The Kier molecular flexibility index (Phi) is 7.38. The van der Waals surface area contributed by atoms with Gasteiger partial charge in [0.25, 0.3) is 0 Å². The second kappa shape index (κ2) is 9.77. The van der Waals surface area contributed by atoms with E-state index in [-0.39, 0.29) is 12.0 Å². The highest BCUT2D eigenvalue weighted by Crippen LogP contribution is 2.36. The molecule has 1 fully saturated rings. The third kappa shape index (κ3) is 5.49. The van der Waals surface area contributed by atoms with Gasteiger partial charge in [0.15, 0.2) is 0 Å². The maximum Gasteiger partial charge on any atom is 0.307 e. The number of hydrogen-bond acceptors (Lipinski definition) is 4. The van der Waals surface area contributed by atoms with E-state index < -0.39 is 5.97 Å². The lowest BCUT2D eigenvalue weighted by Gasteiger charge is -2.46. The van der Waals surface area contributed by atoms with Crippen LogP contribution in [0, 0.1) is 0 Å².